The number of hydrogen-bond donors (Lipinski definition) is 3. The summed E-state index contributed by atoms with van der Waals surface area (Å²) in [6.07, 6.45) is 0. The summed E-state index contributed by atoms with van der Waals surface area (Å²) >= 11 is 1.59. The van der Waals surface area contributed by atoms with E-state index < -0.39 is 0 Å². The number of oxime groups is 1. The van der Waals surface area contributed by atoms with E-state index >= 15 is 0 Å². The van der Waals surface area contributed by atoms with Crippen LogP contribution in [-0.2, 0) is 6.54 Å². The number of nitrogens with two attached hydrogens (primary N) is 1. The fraction of sp³-hybridized carbons (Fsp3) is 0.0769. The number of thiophene rings is 1. The number of nitrogens with one attached hydrogen (secondary N) is 1. The van der Waals surface area contributed by atoms with E-state index in [0.29, 0.717) is 17.7 Å². The Morgan fingerprint density at radius 1 is 1.26 bits per heavy atom. The van der Waals surface area contributed by atoms with Gasteiger partial charge < -0.3 is 16.3 Å². The molecule has 0 saturated heterocycles. The Bertz CT molecular complexity index is 576. The Hall–Kier alpha value is -2.34. The van der Waals surface area contributed by atoms with Gasteiger partial charge in [-0.15, -0.1) is 11.3 Å². The summed E-state index contributed by atoms with van der Waals surface area (Å²) in [5.41, 5.74) is 6.54. The SMILES string of the molecule is N/C(=N\O)c1ccc(C(=O)NCc2cccs2)cc1. The molecule has 1 heterocycles. The van der Waals surface area contributed by atoms with Crippen LogP contribution in [0, 0.1) is 0 Å². The van der Waals surface area contributed by atoms with Gasteiger partial charge in [0, 0.05) is 16.0 Å². The van der Waals surface area contributed by atoms with Crippen molar-refractivity contribution in [1.82, 2.24) is 5.32 Å². The number of rotatable bonds is 4. The van der Waals surface area contributed by atoms with E-state index in [4.69, 9.17) is 10.9 Å². The van der Waals surface area contributed by atoms with Crippen LogP contribution in [0.4, 0.5) is 0 Å². The highest BCUT2D eigenvalue weighted by molar-refractivity contribution is 7.09. The maximum Gasteiger partial charge on any atom is 0.251 e. The lowest BCUT2D eigenvalue weighted by molar-refractivity contribution is 0.0951. The molecule has 2 aromatic rings. The molecule has 1 amide bonds. The molecule has 2 rings (SSSR count). The Morgan fingerprint density at radius 2 is 1.95 bits per heavy atom. The van der Waals surface area contributed by atoms with Crippen molar-refractivity contribution in [2.75, 3.05) is 0 Å². The molecule has 0 aliphatic rings. The van der Waals surface area contributed by atoms with Gasteiger partial charge >= 0.3 is 0 Å². The van der Waals surface area contributed by atoms with E-state index in [1.807, 2.05) is 17.5 Å². The first-order chi connectivity index (χ1) is 9.20. The normalized spacial score (nSPS) is 11.3. The minimum Gasteiger partial charge on any atom is -0.409 e. The molecule has 1 aromatic heterocycles. The van der Waals surface area contributed by atoms with Crippen LogP contribution in [0.5, 0.6) is 0 Å². The number of hydrogen-bond acceptors (Lipinski definition) is 4. The third-order valence-corrected chi connectivity index (χ3v) is 3.43. The molecule has 0 spiro atoms. The minimum absolute atomic E-state index is 0.0190. The number of amidine groups is 1. The summed E-state index contributed by atoms with van der Waals surface area (Å²) < 4.78 is 0. The maximum absolute atomic E-state index is 11.9. The zero-order chi connectivity index (χ0) is 13.7. The van der Waals surface area contributed by atoms with Crippen molar-refractivity contribution in [2.45, 2.75) is 6.54 Å². The Balaban J connectivity index is 1.99. The summed E-state index contributed by atoms with van der Waals surface area (Å²) in [6, 6.07) is 10.4. The zero-order valence-corrected chi connectivity index (χ0v) is 10.9. The van der Waals surface area contributed by atoms with Gasteiger partial charge in [-0.1, -0.05) is 23.4 Å². The summed E-state index contributed by atoms with van der Waals surface area (Å²) in [5.74, 6) is -0.134. The molecule has 0 aliphatic heterocycles. The van der Waals surface area contributed by atoms with Gasteiger partial charge in [-0.05, 0) is 23.6 Å². The second kappa shape index (κ2) is 6.01. The zero-order valence-electron chi connectivity index (χ0n) is 10.0. The van der Waals surface area contributed by atoms with Crippen molar-refractivity contribution in [2.24, 2.45) is 10.9 Å². The van der Waals surface area contributed by atoms with Crippen LogP contribution < -0.4 is 11.1 Å². The summed E-state index contributed by atoms with van der Waals surface area (Å²) in [5, 5.41) is 16.2. The van der Waals surface area contributed by atoms with Gasteiger partial charge in [0.2, 0.25) is 0 Å². The fourth-order valence-corrected chi connectivity index (χ4v) is 2.18. The van der Waals surface area contributed by atoms with Crippen molar-refractivity contribution in [3.63, 3.8) is 0 Å². The van der Waals surface area contributed by atoms with E-state index in [1.54, 1.807) is 35.6 Å². The highest BCUT2D eigenvalue weighted by Crippen LogP contribution is 2.09. The minimum atomic E-state index is -0.153. The van der Waals surface area contributed by atoms with E-state index in [2.05, 4.69) is 10.5 Å². The van der Waals surface area contributed by atoms with Crippen LogP contribution in [-0.4, -0.2) is 17.0 Å². The van der Waals surface area contributed by atoms with Gasteiger partial charge in [-0.25, -0.2) is 0 Å². The van der Waals surface area contributed by atoms with Crippen LogP contribution in [0.2, 0.25) is 0 Å². The molecule has 98 valence electrons. The van der Waals surface area contributed by atoms with E-state index in [1.165, 1.54) is 0 Å². The highest BCUT2D eigenvalue weighted by atomic mass is 32.1. The van der Waals surface area contributed by atoms with Gasteiger partial charge in [-0.3, -0.25) is 4.79 Å². The average Bonchev–Trinajstić information content (AvgIpc) is 2.97. The fourth-order valence-electron chi connectivity index (χ4n) is 1.53. The van der Waals surface area contributed by atoms with Crippen LogP contribution >= 0.6 is 11.3 Å². The third-order valence-electron chi connectivity index (χ3n) is 2.55. The standard InChI is InChI=1S/C13H13N3O2S/c14-12(16-18)9-3-5-10(6-4-9)13(17)15-8-11-2-1-7-19-11/h1-7,18H,8H2,(H2,14,16)(H,15,17). The van der Waals surface area contributed by atoms with Gasteiger partial charge in [0.05, 0.1) is 6.54 Å². The Morgan fingerprint density at radius 3 is 2.53 bits per heavy atom. The molecule has 4 N–H and O–H groups in total. The molecular formula is C13H13N3O2S. The molecule has 0 bridgehead atoms. The van der Waals surface area contributed by atoms with Gasteiger partial charge in [0.1, 0.15) is 0 Å². The maximum atomic E-state index is 11.9. The summed E-state index contributed by atoms with van der Waals surface area (Å²) in [7, 11) is 0. The lowest BCUT2D eigenvalue weighted by atomic mass is 10.1. The quantitative estimate of drug-likeness (QED) is 0.344. The first kappa shape index (κ1) is 13.1. The van der Waals surface area contributed by atoms with Crippen LogP contribution in [0.15, 0.2) is 46.9 Å². The highest BCUT2D eigenvalue weighted by Gasteiger charge is 2.06. The molecule has 5 nitrogen and oxygen atoms in total. The van der Waals surface area contributed by atoms with Crippen molar-refractivity contribution < 1.29 is 10.0 Å². The Labute approximate surface area is 114 Å². The van der Waals surface area contributed by atoms with Gasteiger partial charge in [0.25, 0.3) is 5.91 Å². The topological polar surface area (TPSA) is 87.7 Å². The number of amides is 1. The molecule has 0 saturated carbocycles. The summed E-state index contributed by atoms with van der Waals surface area (Å²) in [4.78, 5) is 13.0. The number of carbonyl (C=O) groups is 1. The third kappa shape index (κ3) is 3.32. The molecular weight excluding hydrogens is 262 g/mol. The van der Waals surface area contributed by atoms with Crippen LogP contribution in [0.3, 0.4) is 0 Å². The molecule has 0 aliphatic carbocycles. The number of carbonyl (C=O) groups excluding carboxylic acids is 1. The van der Waals surface area contributed by atoms with Crippen molar-refractivity contribution in [3.05, 3.63) is 57.8 Å². The average molecular weight is 275 g/mol. The summed E-state index contributed by atoms with van der Waals surface area (Å²) in [6.45, 7) is 0.512. The second-order valence-electron chi connectivity index (χ2n) is 3.82. The van der Waals surface area contributed by atoms with Gasteiger partial charge in [0.15, 0.2) is 5.84 Å². The molecule has 1 aromatic carbocycles. The lowest BCUT2D eigenvalue weighted by Gasteiger charge is -2.04. The molecule has 0 radical (unpaired) electrons. The monoisotopic (exact) mass is 275 g/mol. The molecule has 6 heteroatoms. The predicted octanol–water partition coefficient (Wildman–Crippen LogP) is 1.77. The first-order valence-corrected chi connectivity index (χ1v) is 6.47. The molecule has 0 fully saturated rings. The van der Waals surface area contributed by atoms with Crippen molar-refractivity contribution in [3.8, 4) is 0 Å². The second-order valence-corrected chi connectivity index (χ2v) is 4.86. The van der Waals surface area contributed by atoms with Crippen LogP contribution in [0.25, 0.3) is 0 Å². The first-order valence-electron chi connectivity index (χ1n) is 5.59. The van der Waals surface area contributed by atoms with Crippen LogP contribution in [0.1, 0.15) is 20.8 Å². The molecule has 0 unspecified atom stereocenters. The predicted molar refractivity (Wildman–Crippen MR) is 74.4 cm³/mol. The van der Waals surface area contributed by atoms with Crippen molar-refractivity contribution in [1.29, 1.82) is 0 Å². The lowest BCUT2D eigenvalue weighted by Crippen LogP contribution is -2.22. The number of benzene rings is 1. The smallest absolute Gasteiger partial charge is 0.251 e. The van der Waals surface area contributed by atoms with E-state index in [9.17, 15) is 4.79 Å². The van der Waals surface area contributed by atoms with E-state index in [-0.39, 0.29) is 11.7 Å². The molecule has 19 heavy (non-hydrogen) atoms. The van der Waals surface area contributed by atoms with Gasteiger partial charge in [-0.2, -0.15) is 0 Å². The Kier molecular flexibility index (Phi) is 4.15. The van der Waals surface area contributed by atoms with Crippen molar-refractivity contribution >= 4 is 23.1 Å². The largest absolute Gasteiger partial charge is 0.409 e. The number of nitrogens with zero attached hydrogens (tertiary/aromatic N) is 1. The molecule has 0 atom stereocenters. The van der Waals surface area contributed by atoms with E-state index in [0.717, 1.165) is 4.88 Å².